The Balaban J connectivity index is 4.26. The summed E-state index contributed by atoms with van der Waals surface area (Å²) in [7, 11) is -9.03. The second kappa shape index (κ2) is 10.1. The summed E-state index contributed by atoms with van der Waals surface area (Å²) >= 11 is 0. The summed E-state index contributed by atoms with van der Waals surface area (Å²) in [5, 5.41) is 0. The topological polar surface area (TPSA) is 168 Å². The molecule has 10 nitrogen and oxygen atoms in total. The molecule has 0 atom stereocenters. The highest BCUT2D eigenvalue weighted by atomic mass is 31.2. The van der Waals surface area contributed by atoms with E-state index in [2.05, 4.69) is 6.58 Å². The van der Waals surface area contributed by atoms with E-state index in [0.717, 1.165) is 0 Å². The maximum Gasteiger partial charge on any atom is 0.333 e. The number of hydrogen-bond donors (Lipinski definition) is 4. The zero-order valence-electron chi connectivity index (χ0n) is 13.2. The third-order valence-corrected chi connectivity index (χ3v) is 4.56. The van der Waals surface area contributed by atoms with Crippen LogP contribution in [0.25, 0.3) is 0 Å². The summed E-state index contributed by atoms with van der Waals surface area (Å²) in [6.07, 6.45) is -1.56. The molecule has 0 aliphatic heterocycles. The van der Waals surface area contributed by atoms with Gasteiger partial charge in [-0.15, -0.1) is 0 Å². The molecule has 140 valence electrons. The van der Waals surface area contributed by atoms with Gasteiger partial charge >= 0.3 is 27.1 Å². The molecular weight excluding hydrogens is 366 g/mol. The quantitative estimate of drug-likeness (QED) is 0.168. The summed E-state index contributed by atoms with van der Waals surface area (Å²) in [5.41, 5.74) is 0.218. The molecule has 24 heavy (non-hydrogen) atoms. The number of ether oxygens (including phenoxy) is 2. The Hall–Kier alpha value is -1.02. The van der Waals surface area contributed by atoms with Gasteiger partial charge in [-0.2, -0.15) is 0 Å². The van der Waals surface area contributed by atoms with Gasteiger partial charge in [0.1, 0.15) is 0 Å². The zero-order valence-corrected chi connectivity index (χ0v) is 14.9. The first-order valence-corrected chi connectivity index (χ1v) is 10.5. The Morgan fingerprint density at radius 2 is 1.54 bits per heavy atom. The molecule has 0 spiro atoms. The Morgan fingerprint density at radius 3 is 1.96 bits per heavy atom. The minimum Gasteiger partial charge on any atom is -0.465 e. The summed E-state index contributed by atoms with van der Waals surface area (Å²) in [5.74, 6) is -2.49. The molecule has 0 amide bonds. The maximum atomic E-state index is 11.5. The van der Waals surface area contributed by atoms with Crippen LogP contribution in [-0.2, 0) is 28.2 Å². The molecule has 12 heteroatoms. The molecule has 0 aliphatic rings. The van der Waals surface area contributed by atoms with Crippen LogP contribution in [0.4, 0.5) is 0 Å². The van der Waals surface area contributed by atoms with E-state index < -0.39 is 52.0 Å². The molecule has 0 saturated heterocycles. The highest BCUT2D eigenvalue weighted by Crippen LogP contribution is 2.43. The van der Waals surface area contributed by atoms with Gasteiger partial charge in [-0.05, 0) is 13.3 Å². The molecule has 0 saturated carbocycles. The first kappa shape index (κ1) is 23.0. The molecule has 4 N–H and O–H groups in total. The van der Waals surface area contributed by atoms with Crippen molar-refractivity contribution in [1.29, 1.82) is 0 Å². The molecule has 0 aromatic carbocycles. The van der Waals surface area contributed by atoms with Crippen molar-refractivity contribution >= 4 is 27.1 Å². The zero-order chi connectivity index (χ0) is 19.0. The third-order valence-electron chi connectivity index (χ3n) is 2.58. The SMILES string of the molecule is C=C(C)C(=O)OCCCC(=O)OCC(CP(=O)(O)O)CP(=O)(O)O. The summed E-state index contributed by atoms with van der Waals surface area (Å²) in [6, 6.07) is 0. The van der Waals surface area contributed by atoms with Gasteiger partial charge in [0.05, 0.1) is 25.5 Å². The Labute approximate surface area is 139 Å². The Kier molecular flexibility index (Phi) is 9.65. The number of carbonyl (C=O) groups is 2. The highest BCUT2D eigenvalue weighted by molar-refractivity contribution is 7.52. The lowest BCUT2D eigenvalue weighted by Crippen LogP contribution is -2.21. The highest BCUT2D eigenvalue weighted by Gasteiger charge is 2.29. The fraction of sp³-hybridized carbons (Fsp3) is 0.667. The number of hydrogen-bond acceptors (Lipinski definition) is 6. The molecule has 0 heterocycles. The first-order chi connectivity index (χ1) is 10.8. The predicted octanol–water partition coefficient (Wildman–Crippen LogP) is 0.401. The average Bonchev–Trinajstić information content (AvgIpc) is 2.37. The van der Waals surface area contributed by atoms with Gasteiger partial charge in [0.2, 0.25) is 0 Å². The van der Waals surface area contributed by atoms with Crippen molar-refractivity contribution in [2.24, 2.45) is 5.92 Å². The van der Waals surface area contributed by atoms with Gasteiger partial charge in [-0.1, -0.05) is 6.58 Å². The smallest absolute Gasteiger partial charge is 0.333 e. The second-order valence-electron chi connectivity index (χ2n) is 5.26. The lowest BCUT2D eigenvalue weighted by Gasteiger charge is -2.18. The predicted molar refractivity (Wildman–Crippen MR) is 83.3 cm³/mol. The maximum absolute atomic E-state index is 11.5. The molecule has 0 unspecified atom stereocenters. The van der Waals surface area contributed by atoms with Crippen molar-refractivity contribution in [3.05, 3.63) is 12.2 Å². The van der Waals surface area contributed by atoms with Crippen LogP contribution in [0.5, 0.6) is 0 Å². The molecule has 0 radical (unpaired) electrons. The van der Waals surface area contributed by atoms with Gasteiger partial charge in [0, 0.05) is 17.9 Å². The van der Waals surface area contributed by atoms with Gasteiger partial charge in [-0.25, -0.2) is 4.79 Å². The molecule has 0 aromatic rings. The fourth-order valence-corrected chi connectivity index (χ4v) is 3.64. The van der Waals surface area contributed by atoms with Crippen LogP contribution in [-0.4, -0.2) is 57.0 Å². The Bertz CT molecular complexity index is 522. The number of rotatable bonds is 11. The van der Waals surface area contributed by atoms with Crippen molar-refractivity contribution in [1.82, 2.24) is 0 Å². The number of carbonyl (C=O) groups excluding carboxylic acids is 2. The molecule has 0 aliphatic carbocycles. The van der Waals surface area contributed by atoms with E-state index in [-0.39, 0.29) is 25.0 Å². The summed E-state index contributed by atoms with van der Waals surface area (Å²) in [4.78, 5) is 58.1. The molecule has 0 aromatic heterocycles. The van der Waals surface area contributed by atoms with Crippen molar-refractivity contribution in [2.75, 3.05) is 25.5 Å². The van der Waals surface area contributed by atoms with Crippen molar-refractivity contribution in [3.63, 3.8) is 0 Å². The number of esters is 2. The summed E-state index contributed by atoms with van der Waals surface area (Å²) in [6.45, 7) is 4.29. The third kappa shape index (κ3) is 13.4. The van der Waals surface area contributed by atoms with E-state index in [1.165, 1.54) is 6.92 Å². The van der Waals surface area contributed by atoms with Gasteiger partial charge in [0.25, 0.3) is 0 Å². The van der Waals surface area contributed by atoms with Crippen molar-refractivity contribution in [2.45, 2.75) is 19.8 Å². The minimum absolute atomic E-state index is 0.0326. The van der Waals surface area contributed by atoms with E-state index in [1.54, 1.807) is 0 Å². The van der Waals surface area contributed by atoms with Crippen LogP contribution in [0.15, 0.2) is 12.2 Å². The van der Waals surface area contributed by atoms with E-state index in [1.807, 2.05) is 0 Å². The first-order valence-electron chi connectivity index (χ1n) is 6.87. The molecule has 0 bridgehead atoms. The lowest BCUT2D eigenvalue weighted by molar-refractivity contribution is -0.146. The lowest BCUT2D eigenvalue weighted by atomic mass is 10.2. The van der Waals surface area contributed by atoms with Crippen LogP contribution in [0.3, 0.4) is 0 Å². The largest absolute Gasteiger partial charge is 0.465 e. The van der Waals surface area contributed by atoms with E-state index in [4.69, 9.17) is 29.0 Å². The molecular formula is C12H22O10P2. The summed E-state index contributed by atoms with van der Waals surface area (Å²) < 4.78 is 31.4. The van der Waals surface area contributed by atoms with Crippen LogP contribution < -0.4 is 0 Å². The standard InChI is InChI=1S/C12H22O10P2/c1-9(2)12(14)21-5-3-4-11(13)22-6-10(7-23(15,16)17)8-24(18,19)20/h10H,1,3-8H2,2H3,(H2,15,16,17)(H2,18,19,20). The van der Waals surface area contributed by atoms with E-state index in [0.29, 0.717) is 0 Å². The molecule has 0 rings (SSSR count). The fourth-order valence-electron chi connectivity index (χ4n) is 1.62. The van der Waals surface area contributed by atoms with E-state index in [9.17, 15) is 18.7 Å². The molecule has 0 fully saturated rings. The van der Waals surface area contributed by atoms with Crippen molar-refractivity contribution < 1.29 is 47.8 Å². The van der Waals surface area contributed by atoms with Crippen LogP contribution >= 0.6 is 15.2 Å². The average molecular weight is 388 g/mol. The minimum atomic E-state index is -4.51. The monoisotopic (exact) mass is 388 g/mol. The van der Waals surface area contributed by atoms with Gasteiger partial charge in [0.15, 0.2) is 0 Å². The van der Waals surface area contributed by atoms with Crippen molar-refractivity contribution in [3.8, 4) is 0 Å². The Morgan fingerprint density at radius 1 is 1.04 bits per heavy atom. The van der Waals surface area contributed by atoms with E-state index >= 15 is 0 Å². The van der Waals surface area contributed by atoms with Crippen LogP contribution in [0, 0.1) is 5.92 Å². The second-order valence-corrected chi connectivity index (χ2v) is 8.65. The van der Waals surface area contributed by atoms with Crippen LogP contribution in [0.2, 0.25) is 0 Å². The van der Waals surface area contributed by atoms with Gasteiger partial charge < -0.3 is 29.0 Å². The van der Waals surface area contributed by atoms with Gasteiger partial charge in [-0.3, -0.25) is 13.9 Å². The van der Waals surface area contributed by atoms with Crippen LogP contribution in [0.1, 0.15) is 19.8 Å². The normalized spacial score (nSPS) is 12.1.